The van der Waals surface area contributed by atoms with Crippen LogP contribution in [0.3, 0.4) is 0 Å². The fraction of sp³-hybridized carbons (Fsp3) is 0.600. The first kappa shape index (κ1) is 15.5. The maximum absolute atomic E-state index is 12.3. The van der Waals surface area contributed by atoms with Crippen molar-refractivity contribution in [1.82, 2.24) is 9.62 Å². The molecule has 4 nitrogen and oxygen atoms in total. The van der Waals surface area contributed by atoms with Gasteiger partial charge in [-0.1, -0.05) is 26.0 Å². The molecule has 1 aliphatic carbocycles. The number of rotatable bonds is 8. The van der Waals surface area contributed by atoms with E-state index in [2.05, 4.69) is 5.32 Å². The molecule has 0 aliphatic heterocycles. The van der Waals surface area contributed by atoms with Crippen LogP contribution < -0.4 is 5.32 Å². The van der Waals surface area contributed by atoms with Gasteiger partial charge in [0.15, 0.2) is 0 Å². The molecule has 0 spiro atoms. The largest absolute Gasteiger partial charge is 0.314 e. The Kier molecular flexibility index (Phi) is 5.18. The molecule has 0 heterocycles. The second-order valence-corrected chi connectivity index (χ2v) is 7.15. The molecule has 1 aromatic rings. The van der Waals surface area contributed by atoms with Gasteiger partial charge in [-0.15, -0.1) is 0 Å². The summed E-state index contributed by atoms with van der Waals surface area (Å²) in [5.74, 6) is 0. The van der Waals surface area contributed by atoms with Gasteiger partial charge in [0, 0.05) is 19.1 Å². The van der Waals surface area contributed by atoms with Gasteiger partial charge in [-0.25, -0.2) is 8.42 Å². The lowest BCUT2D eigenvalue weighted by molar-refractivity contribution is 0.445. The van der Waals surface area contributed by atoms with Crippen LogP contribution in [0.1, 0.15) is 32.3 Å². The molecule has 20 heavy (non-hydrogen) atoms. The van der Waals surface area contributed by atoms with Crippen molar-refractivity contribution in [2.45, 2.75) is 44.0 Å². The summed E-state index contributed by atoms with van der Waals surface area (Å²) in [7, 11) is -3.32. The van der Waals surface area contributed by atoms with Gasteiger partial charge in [-0.2, -0.15) is 4.31 Å². The minimum absolute atomic E-state index is 0.389. The molecule has 0 bridgehead atoms. The molecule has 5 heteroatoms. The lowest BCUT2D eigenvalue weighted by atomic mass is 10.1. The molecular formula is C15H24N2O2S. The second kappa shape index (κ2) is 6.70. The molecule has 0 atom stereocenters. The van der Waals surface area contributed by atoms with Crippen LogP contribution in [-0.2, 0) is 16.4 Å². The van der Waals surface area contributed by atoms with Crippen molar-refractivity contribution in [2.75, 3.05) is 19.6 Å². The number of benzene rings is 1. The zero-order valence-electron chi connectivity index (χ0n) is 12.3. The first-order chi connectivity index (χ1) is 9.57. The van der Waals surface area contributed by atoms with Crippen molar-refractivity contribution < 1.29 is 8.42 Å². The van der Waals surface area contributed by atoms with Crippen molar-refractivity contribution in [2.24, 2.45) is 0 Å². The smallest absolute Gasteiger partial charge is 0.243 e. The summed E-state index contributed by atoms with van der Waals surface area (Å²) < 4.78 is 26.1. The molecule has 1 N–H and O–H groups in total. The van der Waals surface area contributed by atoms with E-state index in [1.165, 1.54) is 22.7 Å². The molecule has 1 saturated carbocycles. The lowest BCUT2D eigenvalue weighted by Gasteiger charge is -2.18. The van der Waals surface area contributed by atoms with E-state index in [0.717, 1.165) is 19.0 Å². The van der Waals surface area contributed by atoms with Gasteiger partial charge < -0.3 is 5.32 Å². The average molecular weight is 296 g/mol. The summed E-state index contributed by atoms with van der Waals surface area (Å²) in [5.41, 5.74) is 1.18. The summed E-state index contributed by atoms with van der Waals surface area (Å²) in [6, 6.07) is 8.01. The van der Waals surface area contributed by atoms with Crippen LogP contribution >= 0.6 is 0 Å². The fourth-order valence-corrected chi connectivity index (χ4v) is 3.71. The molecule has 112 valence electrons. The van der Waals surface area contributed by atoms with Crippen molar-refractivity contribution in [3.8, 4) is 0 Å². The zero-order valence-corrected chi connectivity index (χ0v) is 13.1. The van der Waals surface area contributed by atoms with Crippen LogP contribution in [0.5, 0.6) is 0 Å². The van der Waals surface area contributed by atoms with E-state index in [-0.39, 0.29) is 0 Å². The topological polar surface area (TPSA) is 49.4 Å². The first-order valence-electron chi connectivity index (χ1n) is 7.40. The van der Waals surface area contributed by atoms with E-state index < -0.39 is 10.0 Å². The third kappa shape index (κ3) is 3.81. The average Bonchev–Trinajstić information content (AvgIpc) is 3.24. The third-order valence-electron chi connectivity index (χ3n) is 3.69. The standard InChI is InChI=1S/C15H24N2O2S/c1-3-17(4-2)20(18,19)15-9-5-13(6-10-15)11-12-16-14-7-8-14/h5-6,9-10,14,16H,3-4,7-8,11-12H2,1-2H3. The highest BCUT2D eigenvalue weighted by molar-refractivity contribution is 7.89. The normalized spacial score (nSPS) is 15.8. The van der Waals surface area contributed by atoms with Crippen molar-refractivity contribution in [3.63, 3.8) is 0 Å². The van der Waals surface area contributed by atoms with Crippen LogP contribution in [0.4, 0.5) is 0 Å². The number of sulfonamides is 1. The summed E-state index contributed by atoms with van der Waals surface area (Å²) >= 11 is 0. The number of nitrogens with one attached hydrogen (secondary N) is 1. The van der Waals surface area contributed by atoms with Crippen LogP contribution in [0.2, 0.25) is 0 Å². The van der Waals surface area contributed by atoms with Crippen molar-refractivity contribution in [3.05, 3.63) is 29.8 Å². The lowest BCUT2D eigenvalue weighted by Crippen LogP contribution is -2.30. The summed E-state index contributed by atoms with van der Waals surface area (Å²) in [6.07, 6.45) is 3.53. The quantitative estimate of drug-likeness (QED) is 0.798. The molecule has 1 aromatic carbocycles. The Hall–Kier alpha value is -0.910. The Morgan fingerprint density at radius 3 is 2.25 bits per heavy atom. The van der Waals surface area contributed by atoms with Gasteiger partial charge in [0.25, 0.3) is 0 Å². The fourth-order valence-electron chi connectivity index (χ4n) is 2.25. The Morgan fingerprint density at radius 1 is 1.15 bits per heavy atom. The van der Waals surface area contributed by atoms with Gasteiger partial charge in [-0.05, 0) is 43.5 Å². The van der Waals surface area contributed by atoms with Crippen LogP contribution in [-0.4, -0.2) is 38.4 Å². The van der Waals surface area contributed by atoms with E-state index in [1.807, 2.05) is 26.0 Å². The molecule has 2 rings (SSSR count). The van der Waals surface area contributed by atoms with Crippen molar-refractivity contribution in [1.29, 1.82) is 0 Å². The molecule has 0 unspecified atom stereocenters. The number of nitrogens with zero attached hydrogens (tertiary/aromatic N) is 1. The predicted octanol–water partition coefficient (Wildman–Crippen LogP) is 2.01. The Bertz CT molecular complexity index is 517. The maximum atomic E-state index is 12.3. The van der Waals surface area contributed by atoms with E-state index in [9.17, 15) is 8.42 Å². The number of hydrogen-bond donors (Lipinski definition) is 1. The van der Waals surface area contributed by atoms with Gasteiger partial charge >= 0.3 is 0 Å². The van der Waals surface area contributed by atoms with E-state index in [4.69, 9.17) is 0 Å². The molecule has 0 radical (unpaired) electrons. The zero-order chi connectivity index (χ0) is 14.6. The molecule has 0 aromatic heterocycles. The molecule has 0 amide bonds. The minimum atomic E-state index is -3.32. The molecular weight excluding hydrogens is 272 g/mol. The highest BCUT2D eigenvalue weighted by Gasteiger charge is 2.21. The van der Waals surface area contributed by atoms with E-state index in [1.54, 1.807) is 12.1 Å². The summed E-state index contributed by atoms with van der Waals surface area (Å²) in [6.45, 7) is 5.70. The highest BCUT2D eigenvalue weighted by atomic mass is 32.2. The monoisotopic (exact) mass is 296 g/mol. The second-order valence-electron chi connectivity index (χ2n) is 5.21. The predicted molar refractivity (Wildman–Crippen MR) is 81.3 cm³/mol. The van der Waals surface area contributed by atoms with E-state index >= 15 is 0 Å². The summed E-state index contributed by atoms with van der Waals surface area (Å²) in [5, 5.41) is 3.46. The summed E-state index contributed by atoms with van der Waals surface area (Å²) in [4.78, 5) is 0.389. The van der Waals surface area contributed by atoms with Crippen molar-refractivity contribution >= 4 is 10.0 Å². The van der Waals surface area contributed by atoms with Gasteiger partial charge in [0.2, 0.25) is 10.0 Å². The molecule has 1 aliphatic rings. The first-order valence-corrected chi connectivity index (χ1v) is 8.84. The van der Waals surface area contributed by atoms with Crippen LogP contribution in [0, 0.1) is 0 Å². The van der Waals surface area contributed by atoms with E-state index in [0.29, 0.717) is 18.0 Å². The van der Waals surface area contributed by atoms with Gasteiger partial charge in [0.1, 0.15) is 0 Å². The Balaban J connectivity index is 1.99. The van der Waals surface area contributed by atoms with Crippen LogP contribution in [0.15, 0.2) is 29.2 Å². The maximum Gasteiger partial charge on any atom is 0.243 e. The van der Waals surface area contributed by atoms with Gasteiger partial charge in [0.05, 0.1) is 4.90 Å². The third-order valence-corrected chi connectivity index (χ3v) is 5.75. The molecule has 0 saturated heterocycles. The Labute approximate surface area is 122 Å². The van der Waals surface area contributed by atoms with Gasteiger partial charge in [-0.3, -0.25) is 0 Å². The van der Waals surface area contributed by atoms with Crippen LogP contribution in [0.25, 0.3) is 0 Å². The highest BCUT2D eigenvalue weighted by Crippen LogP contribution is 2.19. The molecule has 1 fully saturated rings. The minimum Gasteiger partial charge on any atom is -0.314 e. The number of hydrogen-bond acceptors (Lipinski definition) is 3. The Morgan fingerprint density at radius 2 is 1.75 bits per heavy atom. The SMILES string of the molecule is CCN(CC)S(=O)(=O)c1ccc(CCNC2CC2)cc1.